The lowest BCUT2D eigenvalue weighted by atomic mass is 10.2. The van der Waals surface area contributed by atoms with E-state index in [2.05, 4.69) is 15.3 Å². The smallest absolute Gasteiger partial charge is 0.196 e. The van der Waals surface area contributed by atoms with Crippen molar-refractivity contribution in [1.82, 2.24) is 20.0 Å². The largest absolute Gasteiger partial charge is 0.314 e. The Morgan fingerprint density at radius 1 is 1.53 bits per heavy atom. The molecular weight excluding hydrogens is 240 g/mol. The third kappa shape index (κ3) is 2.86. The topological polar surface area (TPSA) is 50.2 Å². The molecule has 1 aromatic rings. The first kappa shape index (κ1) is 12.5. The van der Waals surface area contributed by atoms with E-state index in [-0.39, 0.29) is 5.78 Å². The predicted octanol–water partition coefficient (Wildman–Crippen LogP) is 0.644. The molecule has 0 spiro atoms. The number of piperazine rings is 1. The quantitative estimate of drug-likeness (QED) is 0.804. The Labute approximate surface area is 106 Å². The molecule has 0 bridgehead atoms. The Morgan fingerprint density at radius 3 is 2.88 bits per heavy atom. The highest BCUT2D eigenvalue weighted by Crippen LogP contribution is 2.16. The van der Waals surface area contributed by atoms with E-state index in [0.717, 1.165) is 26.2 Å². The van der Waals surface area contributed by atoms with Gasteiger partial charge < -0.3 is 5.32 Å². The fraction of sp³-hybridized carbons (Fsp3) is 0.636. The van der Waals surface area contributed by atoms with Crippen LogP contribution >= 0.6 is 11.6 Å². The maximum absolute atomic E-state index is 12.2. The summed E-state index contributed by atoms with van der Waals surface area (Å²) in [5, 5.41) is 7.79. The van der Waals surface area contributed by atoms with Crippen LogP contribution in [0.5, 0.6) is 0 Å². The number of Topliss-reactive ketones (excluding diaryl/α,β-unsaturated/α-hetero) is 1. The summed E-state index contributed by atoms with van der Waals surface area (Å²) < 4.78 is 1.66. The Morgan fingerprint density at radius 2 is 2.24 bits per heavy atom. The average Bonchev–Trinajstić information content (AvgIpc) is 2.71. The number of aromatic nitrogens is 2. The lowest BCUT2D eigenvalue weighted by Gasteiger charge is -2.26. The third-order valence-electron chi connectivity index (χ3n) is 2.94. The maximum atomic E-state index is 12.2. The van der Waals surface area contributed by atoms with Crippen LogP contribution in [0.4, 0.5) is 0 Å². The van der Waals surface area contributed by atoms with Gasteiger partial charge in [0, 0.05) is 32.7 Å². The second-order valence-electron chi connectivity index (χ2n) is 4.11. The standard InChI is InChI=1S/C11H17ClN4O/c1-2-16-11(9(12)7-14-16)10(17)8-15-5-3-13-4-6-15/h7,13H,2-6,8H2,1H3. The Balaban J connectivity index is 2.05. The summed E-state index contributed by atoms with van der Waals surface area (Å²) in [4.78, 5) is 14.3. The van der Waals surface area contributed by atoms with Crippen LogP contribution in [0.25, 0.3) is 0 Å². The first-order valence-electron chi connectivity index (χ1n) is 5.90. The molecule has 2 heterocycles. The van der Waals surface area contributed by atoms with Gasteiger partial charge in [0.1, 0.15) is 5.69 Å². The van der Waals surface area contributed by atoms with E-state index in [9.17, 15) is 4.79 Å². The van der Waals surface area contributed by atoms with Gasteiger partial charge >= 0.3 is 0 Å². The first-order chi connectivity index (χ1) is 8.22. The molecule has 1 fully saturated rings. The number of nitrogens with zero attached hydrogens (tertiary/aromatic N) is 3. The minimum Gasteiger partial charge on any atom is -0.314 e. The zero-order chi connectivity index (χ0) is 12.3. The Kier molecular flexibility index (Phi) is 4.15. The second-order valence-corrected chi connectivity index (χ2v) is 4.51. The molecule has 17 heavy (non-hydrogen) atoms. The second kappa shape index (κ2) is 5.62. The fourth-order valence-electron chi connectivity index (χ4n) is 2.03. The molecule has 1 aliphatic rings. The summed E-state index contributed by atoms with van der Waals surface area (Å²) in [7, 11) is 0. The number of rotatable bonds is 4. The monoisotopic (exact) mass is 256 g/mol. The van der Waals surface area contributed by atoms with E-state index in [1.807, 2.05) is 6.92 Å². The van der Waals surface area contributed by atoms with Gasteiger partial charge in [0.2, 0.25) is 0 Å². The summed E-state index contributed by atoms with van der Waals surface area (Å²) >= 11 is 6.00. The first-order valence-corrected chi connectivity index (χ1v) is 6.27. The van der Waals surface area contributed by atoms with Crippen molar-refractivity contribution in [2.45, 2.75) is 13.5 Å². The van der Waals surface area contributed by atoms with Crippen molar-refractivity contribution in [2.75, 3.05) is 32.7 Å². The molecule has 6 heteroatoms. The number of carbonyl (C=O) groups is 1. The van der Waals surface area contributed by atoms with Gasteiger partial charge in [-0.1, -0.05) is 11.6 Å². The Hall–Kier alpha value is -0.910. The van der Waals surface area contributed by atoms with Crippen molar-refractivity contribution in [2.24, 2.45) is 0 Å². The lowest BCUT2D eigenvalue weighted by Crippen LogP contribution is -2.45. The molecule has 0 amide bonds. The van der Waals surface area contributed by atoms with Crippen molar-refractivity contribution in [3.8, 4) is 0 Å². The van der Waals surface area contributed by atoms with Gasteiger partial charge in [0.25, 0.3) is 0 Å². The van der Waals surface area contributed by atoms with E-state index in [0.29, 0.717) is 23.8 Å². The van der Waals surface area contributed by atoms with Gasteiger partial charge in [-0.15, -0.1) is 0 Å². The third-order valence-corrected chi connectivity index (χ3v) is 3.21. The number of hydrogen-bond acceptors (Lipinski definition) is 4. The zero-order valence-corrected chi connectivity index (χ0v) is 10.7. The van der Waals surface area contributed by atoms with Gasteiger partial charge in [0.05, 0.1) is 17.8 Å². The molecule has 0 saturated carbocycles. The molecular formula is C11H17ClN4O. The molecule has 0 radical (unpaired) electrons. The van der Waals surface area contributed by atoms with Crippen LogP contribution in [0.15, 0.2) is 6.20 Å². The molecule has 0 unspecified atom stereocenters. The highest BCUT2D eigenvalue weighted by atomic mass is 35.5. The molecule has 0 aromatic carbocycles. The minimum absolute atomic E-state index is 0.0521. The van der Waals surface area contributed by atoms with Crippen molar-refractivity contribution in [1.29, 1.82) is 0 Å². The van der Waals surface area contributed by atoms with E-state index >= 15 is 0 Å². The van der Waals surface area contributed by atoms with Crippen molar-refractivity contribution >= 4 is 17.4 Å². The number of ketones is 1. The SMILES string of the molecule is CCn1ncc(Cl)c1C(=O)CN1CCNCC1. The van der Waals surface area contributed by atoms with Crippen molar-refractivity contribution < 1.29 is 4.79 Å². The van der Waals surface area contributed by atoms with Gasteiger partial charge in [-0.05, 0) is 6.92 Å². The molecule has 0 aliphatic carbocycles. The van der Waals surface area contributed by atoms with Gasteiger partial charge in [-0.25, -0.2) is 0 Å². The number of carbonyl (C=O) groups excluding carboxylic acids is 1. The molecule has 2 rings (SSSR count). The number of hydrogen-bond donors (Lipinski definition) is 1. The number of aryl methyl sites for hydroxylation is 1. The highest BCUT2D eigenvalue weighted by Gasteiger charge is 2.20. The predicted molar refractivity (Wildman–Crippen MR) is 66.6 cm³/mol. The summed E-state index contributed by atoms with van der Waals surface area (Å²) in [6.07, 6.45) is 1.54. The summed E-state index contributed by atoms with van der Waals surface area (Å²) in [6.45, 7) is 6.72. The summed E-state index contributed by atoms with van der Waals surface area (Å²) in [6, 6.07) is 0. The molecule has 1 saturated heterocycles. The maximum Gasteiger partial charge on any atom is 0.196 e. The summed E-state index contributed by atoms with van der Waals surface area (Å²) in [5.74, 6) is 0.0521. The normalized spacial score (nSPS) is 17.3. The van der Waals surface area contributed by atoms with Crippen molar-refractivity contribution in [3.05, 3.63) is 16.9 Å². The molecule has 5 nitrogen and oxygen atoms in total. The lowest BCUT2D eigenvalue weighted by molar-refractivity contribution is 0.0911. The molecule has 1 aromatic heterocycles. The Bertz CT molecular complexity index is 398. The number of nitrogens with one attached hydrogen (secondary N) is 1. The van der Waals surface area contributed by atoms with Crippen LogP contribution < -0.4 is 5.32 Å². The molecule has 94 valence electrons. The van der Waals surface area contributed by atoms with Crippen molar-refractivity contribution in [3.63, 3.8) is 0 Å². The molecule has 1 aliphatic heterocycles. The van der Waals surface area contributed by atoms with Gasteiger partial charge in [-0.2, -0.15) is 5.10 Å². The van der Waals surface area contributed by atoms with E-state index in [1.165, 1.54) is 6.20 Å². The van der Waals surface area contributed by atoms with Crippen LogP contribution in [0.2, 0.25) is 5.02 Å². The van der Waals surface area contributed by atoms with Crippen LogP contribution in [0.3, 0.4) is 0 Å². The zero-order valence-electron chi connectivity index (χ0n) is 9.95. The fourth-order valence-corrected chi connectivity index (χ4v) is 2.27. The number of halogens is 1. The van der Waals surface area contributed by atoms with Crippen LogP contribution in [-0.2, 0) is 6.54 Å². The summed E-state index contributed by atoms with van der Waals surface area (Å²) in [5.41, 5.74) is 0.535. The van der Waals surface area contributed by atoms with Crippen LogP contribution in [-0.4, -0.2) is 53.2 Å². The van der Waals surface area contributed by atoms with Crippen LogP contribution in [0.1, 0.15) is 17.4 Å². The minimum atomic E-state index is 0.0521. The average molecular weight is 257 g/mol. The van der Waals surface area contributed by atoms with E-state index in [4.69, 9.17) is 11.6 Å². The van der Waals surface area contributed by atoms with E-state index in [1.54, 1.807) is 4.68 Å². The molecule has 0 atom stereocenters. The van der Waals surface area contributed by atoms with Gasteiger partial charge in [0.15, 0.2) is 5.78 Å². The van der Waals surface area contributed by atoms with Gasteiger partial charge in [-0.3, -0.25) is 14.4 Å². The van der Waals surface area contributed by atoms with E-state index < -0.39 is 0 Å². The van der Waals surface area contributed by atoms with Crippen LogP contribution in [0, 0.1) is 0 Å². The molecule has 1 N–H and O–H groups in total. The highest BCUT2D eigenvalue weighted by molar-refractivity contribution is 6.33.